The highest BCUT2D eigenvalue weighted by Crippen LogP contribution is 2.20. The summed E-state index contributed by atoms with van der Waals surface area (Å²) in [7, 11) is 0. The molecule has 1 amide bonds. The number of hydrogen-bond acceptors (Lipinski definition) is 8. The van der Waals surface area contributed by atoms with Crippen molar-refractivity contribution >= 4 is 5.91 Å². The molecule has 2 N–H and O–H groups in total. The molecule has 144 valence electrons. The van der Waals surface area contributed by atoms with Crippen molar-refractivity contribution in [3.05, 3.63) is 36.7 Å². The highest BCUT2D eigenvalue weighted by Gasteiger charge is 2.38. The Morgan fingerprint density at radius 1 is 1.19 bits per heavy atom. The van der Waals surface area contributed by atoms with Crippen molar-refractivity contribution in [2.45, 2.75) is 6.17 Å². The maximum atomic E-state index is 12.9. The average Bonchev–Trinajstić information content (AvgIpc) is 3.40. The fraction of sp³-hybridized carbons (Fsp3) is 0.529. The van der Waals surface area contributed by atoms with Crippen molar-refractivity contribution in [2.24, 2.45) is 5.92 Å². The third kappa shape index (κ3) is 4.24. The van der Waals surface area contributed by atoms with Crippen LogP contribution in [0.5, 0.6) is 5.75 Å². The zero-order valence-corrected chi connectivity index (χ0v) is 15.1. The maximum Gasteiger partial charge on any atom is 0.230 e. The number of hydrogen-bond donors (Lipinski definition) is 2. The normalized spacial score (nSPS) is 23.5. The SMILES string of the molecule is O=C(C1CNNC1n1cnnn1)N1CCN(CCOc2ccccc2)CC1. The van der Waals surface area contributed by atoms with Crippen molar-refractivity contribution in [3.8, 4) is 5.75 Å². The molecule has 0 saturated carbocycles. The van der Waals surface area contributed by atoms with Crippen LogP contribution in [0.2, 0.25) is 0 Å². The predicted octanol–water partition coefficient (Wildman–Crippen LogP) is -0.881. The smallest absolute Gasteiger partial charge is 0.230 e. The van der Waals surface area contributed by atoms with Crippen molar-refractivity contribution in [1.29, 1.82) is 0 Å². The van der Waals surface area contributed by atoms with Crippen LogP contribution in [0.4, 0.5) is 0 Å². The number of carbonyl (C=O) groups excluding carboxylic acids is 1. The Bertz CT molecular complexity index is 718. The number of aromatic nitrogens is 4. The third-order valence-electron chi connectivity index (χ3n) is 5.02. The molecule has 3 heterocycles. The number of amides is 1. The van der Waals surface area contributed by atoms with E-state index in [1.165, 1.54) is 6.33 Å². The lowest BCUT2D eigenvalue weighted by Gasteiger charge is -2.36. The van der Waals surface area contributed by atoms with Gasteiger partial charge < -0.3 is 9.64 Å². The summed E-state index contributed by atoms with van der Waals surface area (Å²) in [6.07, 6.45) is 1.26. The Morgan fingerprint density at radius 3 is 2.74 bits per heavy atom. The zero-order valence-electron chi connectivity index (χ0n) is 15.1. The van der Waals surface area contributed by atoms with Crippen LogP contribution in [0.3, 0.4) is 0 Å². The maximum absolute atomic E-state index is 12.9. The molecule has 2 fully saturated rings. The molecule has 0 radical (unpaired) electrons. The molecular formula is C17H24N8O2. The van der Waals surface area contributed by atoms with Crippen LogP contribution >= 0.6 is 0 Å². The molecule has 2 atom stereocenters. The molecule has 2 aliphatic heterocycles. The van der Waals surface area contributed by atoms with Gasteiger partial charge in [-0.25, -0.2) is 10.1 Å². The van der Waals surface area contributed by atoms with E-state index in [0.29, 0.717) is 13.2 Å². The molecule has 2 aliphatic rings. The van der Waals surface area contributed by atoms with Gasteiger partial charge >= 0.3 is 0 Å². The van der Waals surface area contributed by atoms with E-state index in [2.05, 4.69) is 31.3 Å². The molecule has 0 bridgehead atoms. The number of nitrogens with zero attached hydrogens (tertiary/aromatic N) is 6. The molecule has 0 spiro atoms. The van der Waals surface area contributed by atoms with Gasteiger partial charge in [-0.1, -0.05) is 18.2 Å². The van der Waals surface area contributed by atoms with Crippen LogP contribution < -0.4 is 15.6 Å². The van der Waals surface area contributed by atoms with Crippen LogP contribution in [0.25, 0.3) is 0 Å². The van der Waals surface area contributed by atoms with E-state index in [4.69, 9.17) is 4.74 Å². The topological polar surface area (TPSA) is 100 Å². The summed E-state index contributed by atoms with van der Waals surface area (Å²) in [4.78, 5) is 17.2. The number of carbonyl (C=O) groups is 1. The summed E-state index contributed by atoms with van der Waals surface area (Å²) >= 11 is 0. The highest BCUT2D eigenvalue weighted by molar-refractivity contribution is 5.80. The van der Waals surface area contributed by atoms with Gasteiger partial charge in [0, 0.05) is 39.3 Å². The first-order chi connectivity index (χ1) is 13.3. The van der Waals surface area contributed by atoms with Crippen LogP contribution in [0, 0.1) is 5.92 Å². The van der Waals surface area contributed by atoms with E-state index in [1.807, 2.05) is 35.2 Å². The van der Waals surface area contributed by atoms with E-state index in [-0.39, 0.29) is 18.0 Å². The Kier molecular flexibility index (Phi) is 5.56. The predicted molar refractivity (Wildman–Crippen MR) is 96.4 cm³/mol. The minimum absolute atomic E-state index is 0.133. The number of benzene rings is 1. The number of hydrazine groups is 1. The second kappa shape index (κ2) is 8.42. The van der Waals surface area contributed by atoms with Crippen molar-refractivity contribution in [1.82, 2.24) is 40.9 Å². The number of tetrazole rings is 1. The van der Waals surface area contributed by atoms with Gasteiger partial charge in [0.1, 0.15) is 24.8 Å². The molecule has 10 nitrogen and oxygen atoms in total. The van der Waals surface area contributed by atoms with Crippen LogP contribution in [0.15, 0.2) is 36.7 Å². The number of nitrogens with one attached hydrogen (secondary N) is 2. The Morgan fingerprint density at radius 2 is 2.00 bits per heavy atom. The lowest BCUT2D eigenvalue weighted by molar-refractivity contribution is -0.138. The molecule has 10 heteroatoms. The first kappa shape index (κ1) is 17.8. The third-order valence-corrected chi connectivity index (χ3v) is 5.02. The molecule has 27 heavy (non-hydrogen) atoms. The fourth-order valence-corrected chi connectivity index (χ4v) is 3.49. The van der Waals surface area contributed by atoms with Crippen LogP contribution in [0.1, 0.15) is 6.17 Å². The Balaban J connectivity index is 1.23. The van der Waals surface area contributed by atoms with E-state index in [1.54, 1.807) is 4.68 Å². The first-order valence-electron chi connectivity index (χ1n) is 9.21. The van der Waals surface area contributed by atoms with Gasteiger partial charge in [-0.2, -0.15) is 0 Å². The molecule has 0 aliphatic carbocycles. The van der Waals surface area contributed by atoms with E-state index >= 15 is 0 Å². The number of para-hydroxylation sites is 1. The standard InChI is InChI=1S/C17H24N8O2/c26-17(15-12-18-20-16(15)25-13-19-21-22-25)24-8-6-23(7-9-24)10-11-27-14-4-2-1-3-5-14/h1-5,13,15-16,18,20H,6-12H2. The minimum atomic E-state index is -0.259. The second-order valence-electron chi connectivity index (χ2n) is 6.69. The quantitative estimate of drug-likeness (QED) is 0.674. The van der Waals surface area contributed by atoms with Crippen molar-refractivity contribution < 1.29 is 9.53 Å². The first-order valence-corrected chi connectivity index (χ1v) is 9.21. The van der Waals surface area contributed by atoms with Gasteiger partial charge in [0.2, 0.25) is 5.91 Å². The van der Waals surface area contributed by atoms with Gasteiger partial charge in [-0.05, 0) is 22.6 Å². The molecule has 4 rings (SSSR count). The minimum Gasteiger partial charge on any atom is -0.492 e. The highest BCUT2D eigenvalue weighted by atomic mass is 16.5. The number of ether oxygens (including phenoxy) is 1. The Labute approximate surface area is 157 Å². The van der Waals surface area contributed by atoms with E-state index < -0.39 is 0 Å². The summed E-state index contributed by atoms with van der Waals surface area (Å²) in [5.74, 6) is 0.802. The fourth-order valence-electron chi connectivity index (χ4n) is 3.49. The van der Waals surface area contributed by atoms with Gasteiger partial charge in [-0.15, -0.1) is 5.10 Å². The van der Waals surface area contributed by atoms with Gasteiger partial charge in [0.05, 0.1) is 5.92 Å². The monoisotopic (exact) mass is 372 g/mol. The zero-order chi connectivity index (χ0) is 18.5. The molecule has 1 aromatic heterocycles. The summed E-state index contributed by atoms with van der Waals surface area (Å²) in [6.45, 7) is 5.23. The van der Waals surface area contributed by atoms with Gasteiger partial charge in [0.25, 0.3) is 0 Å². The largest absolute Gasteiger partial charge is 0.492 e. The van der Waals surface area contributed by atoms with Crippen LogP contribution in [-0.2, 0) is 4.79 Å². The van der Waals surface area contributed by atoms with Crippen LogP contribution in [-0.4, -0.2) is 81.8 Å². The van der Waals surface area contributed by atoms with E-state index in [0.717, 1.165) is 38.5 Å². The second-order valence-corrected chi connectivity index (χ2v) is 6.69. The lowest BCUT2D eigenvalue weighted by atomic mass is 10.1. The van der Waals surface area contributed by atoms with Crippen molar-refractivity contribution in [3.63, 3.8) is 0 Å². The van der Waals surface area contributed by atoms with Gasteiger partial charge in [0.15, 0.2) is 0 Å². The molecule has 2 aromatic rings. The summed E-state index contributed by atoms with van der Waals surface area (Å²) in [6, 6.07) is 9.83. The molecule has 1 aromatic carbocycles. The Hall–Kier alpha value is -2.56. The molecule has 2 saturated heterocycles. The number of rotatable bonds is 6. The lowest BCUT2D eigenvalue weighted by Crippen LogP contribution is -2.52. The molecule has 2 unspecified atom stereocenters. The summed E-state index contributed by atoms with van der Waals surface area (Å²) in [5, 5.41) is 11.2. The van der Waals surface area contributed by atoms with Crippen molar-refractivity contribution in [2.75, 3.05) is 45.9 Å². The van der Waals surface area contributed by atoms with E-state index in [9.17, 15) is 4.79 Å². The number of piperazine rings is 1. The average molecular weight is 372 g/mol. The summed E-state index contributed by atoms with van der Waals surface area (Å²) in [5.41, 5.74) is 6.12. The summed E-state index contributed by atoms with van der Waals surface area (Å²) < 4.78 is 7.34. The van der Waals surface area contributed by atoms with Gasteiger partial charge in [-0.3, -0.25) is 15.1 Å². The molecular weight excluding hydrogens is 348 g/mol.